The van der Waals surface area contributed by atoms with Gasteiger partial charge in [0.2, 0.25) is 11.8 Å². The van der Waals surface area contributed by atoms with E-state index in [1.165, 1.54) is 6.33 Å². The molecule has 2 amide bonds. The van der Waals surface area contributed by atoms with Gasteiger partial charge in [-0.3, -0.25) is 9.59 Å². The molecule has 7 nitrogen and oxygen atoms in total. The van der Waals surface area contributed by atoms with Crippen molar-refractivity contribution in [1.29, 1.82) is 0 Å². The second kappa shape index (κ2) is 6.07. The van der Waals surface area contributed by atoms with Gasteiger partial charge in [0.15, 0.2) is 0 Å². The molecule has 0 saturated heterocycles. The number of rotatable bonds is 6. The highest BCUT2D eigenvalue weighted by atomic mass is 16.1. The van der Waals surface area contributed by atoms with Crippen LogP contribution in [0.2, 0.25) is 0 Å². The minimum Gasteiger partial charge on any atom is -0.369 e. The smallest absolute Gasteiger partial charge is 0.227 e. The number of nitrogens with zero attached hydrogens (tertiary/aromatic N) is 3. The summed E-state index contributed by atoms with van der Waals surface area (Å²) in [5.74, 6) is -3.61. The van der Waals surface area contributed by atoms with Crippen LogP contribution in [-0.2, 0) is 27.0 Å². The van der Waals surface area contributed by atoms with Gasteiger partial charge in [-0.1, -0.05) is 18.2 Å². The molecule has 0 aliphatic rings. The molecule has 0 aliphatic carbocycles. The maximum Gasteiger partial charge on any atom is 0.227 e. The average molecular weight is 341 g/mol. The zero-order valence-electron chi connectivity index (χ0n) is 24.4. The van der Waals surface area contributed by atoms with Crippen molar-refractivity contribution < 1.29 is 26.0 Å². The third-order valence-corrected chi connectivity index (χ3v) is 3.41. The Kier molecular flexibility index (Phi) is 1.89. The van der Waals surface area contributed by atoms with E-state index in [9.17, 15) is 9.59 Å². The van der Waals surface area contributed by atoms with Crippen molar-refractivity contribution in [2.75, 3.05) is 0 Å². The zero-order chi connectivity index (χ0) is 28.1. The van der Waals surface area contributed by atoms with Crippen molar-refractivity contribution in [3.8, 4) is 0 Å². The Balaban J connectivity index is 3.17. The summed E-state index contributed by atoms with van der Waals surface area (Å²) in [7, 11) is 0. The number of hydrogen-bond acceptors (Lipinski definition) is 4. The summed E-state index contributed by atoms with van der Waals surface area (Å²) in [6.45, 7) is -14.8. The quantitative estimate of drug-likeness (QED) is 0.810. The van der Waals surface area contributed by atoms with Gasteiger partial charge in [0, 0.05) is 16.4 Å². The van der Waals surface area contributed by atoms with Crippen LogP contribution < -0.4 is 11.5 Å². The Morgan fingerprint density at radius 1 is 1.08 bits per heavy atom. The molecule has 128 valence electrons. The van der Waals surface area contributed by atoms with Crippen LogP contribution in [0.15, 0.2) is 30.9 Å². The molecule has 0 bridgehead atoms. The van der Waals surface area contributed by atoms with E-state index >= 15 is 0 Å². The standard InChI is InChI=1S/C17H23N5O2/c1-16(2,14(18)23)12-5-11(8-22-10-20-9-21-22)6-13(7-12)17(3,4)15(19)24/h5-7,9-10H,8H2,1-4H3,(H2,18,23)(H2,19,24)/i1D3,2D3,3D3,4D3. The molecule has 0 atom stereocenters. The highest BCUT2D eigenvalue weighted by molar-refractivity contribution is 5.87. The fourth-order valence-corrected chi connectivity index (χ4v) is 2.00. The average Bonchev–Trinajstić information content (AvgIpc) is 3.09. The number of primary amides is 2. The van der Waals surface area contributed by atoms with E-state index < -0.39 is 61.2 Å². The van der Waals surface area contributed by atoms with Crippen LogP contribution >= 0.6 is 0 Å². The molecule has 24 heavy (non-hydrogen) atoms. The number of carbonyl (C=O) groups excluding carboxylic acids is 2. The number of nitrogens with two attached hydrogens (primary N) is 2. The van der Waals surface area contributed by atoms with Crippen molar-refractivity contribution >= 4 is 11.8 Å². The van der Waals surface area contributed by atoms with Crippen molar-refractivity contribution in [3.63, 3.8) is 0 Å². The van der Waals surface area contributed by atoms with Gasteiger partial charge in [-0.25, -0.2) is 9.67 Å². The maximum absolute atomic E-state index is 12.6. The van der Waals surface area contributed by atoms with Crippen LogP contribution in [-0.4, -0.2) is 26.6 Å². The first-order chi connectivity index (χ1) is 16.0. The molecule has 1 aromatic heterocycles. The summed E-state index contributed by atoms with van der Waals surface area (Å²) in [4.78, 5) is 28.9. The summed E-state index contributed by atoms with van der Waals surface area (Å²) < 4.78 is 96.1. The molecular weight excluding hydrogens is 306 g/mol. The first-order valence-corrected chi connectivity index (χ1v) is 6.62. The SMILES string of the molecule is [2H]C([2H])([2H])C(C(N)=O)(c1cc(Cn2cncn2)cc(C(C(N)=O)(C([2H])([2H])[2H])C([2H])([2H])[2H])c1)C([2H])([2H])[2H]. The normalized spacial score (nSPS) is 21.7. The number of benzene rings is 1. The molecule has 0 spiro atoms. The number of carbonyl (C=O) groups is 2. The van der Waals surface area contributed by atoms with Crippen LogP contribution in [0.4, 0.5) is 0 Å². The molecule has 2 rings (SSSR count). The van der Waals surface area contributed by atoms with Crippen LogP contribution in [0.5, 0.6) is 0 Å². The summed E-state index contributed by atoms with van der Waals surface area (Å²) in [6, 6.07) is 2.46. The van der Waals surface area contributed by atoms with Crippen molar-refractivity contribution in [3.05, 3.63) is 47.5 Å². The highest BCUT2D eigenvalue weighted by Crippen LogP contribution is 2.31. The van der Waals surface area contributed by atoms with Crippen LogP contribution in [0.1, 0.15) is 60.5 Å². The Bertz CT molecular complexity index is 1040. The molecule has 0 saturated carbocycles. The van der Waals surface area contributed by atoms with Crippen molar-refractivity contribution in [2.45, 2.75) is 44.8 Å². The molecule has 1 aromatic carbocycles. The Morgan fingerprint density at radius 3 is 2.00 bits per heavy atom. The Hall–Kier alpha value is -2.70. The van der Waals surface area contributed by atoms with Gasteiger partial charge in [-0.05, 0) is 44.1 Å². The fraction of sp³-hybridized carbons (Fsp3) is 0.412. The van der Waals surface area contributed by atoms with Crippen LogP contribution in [0.3, 0.4) is 0 Å². The first-order valence-electron chi connectivity index (χ1n) is 12.6. The van der Waals surface area contributed by atoms with Crippen LogP contribution in [0, 0.1) is 0 Å². The first kappa shape index (κ1) is 7.46. The van der Waals surface area contributed by atoms with E-state index in [1.54, 1.807) is 0 Å². The Labute approximate surface area is 157 Å². The molecule has 0 aliphatic heterocycles. The van der Waals surface area contributed by atoms with Crippen LogP contribution in [0.25, 0.3) is 0 Å². The zero-order valence-corrected chi connectivity index (χ0v) is 12.4. The second-order valence-corrected chi connectivity index (χ2v) is 5.24. The lowest BCUT2D eigenvalue weighted by molar-refractivity contribution is -0.122. The highest BCUT2D eigenvalue weighted by Gasteiger charge is 2.32. The lowest BCUT2D eigenvalue weighted by Gasteiger charge is -2.27. The van der Waals surface area contributed by atoms with Gasteiger partial charge in [0.05, 0.1) is 17.4 Å². The van der Waals surface area contributed by atoms with Gasteiger partial charge in [-0.2, -0.15) is 5.10 Å². The summed E-state index contributed by atoms with van der Waals surface area (Å²) in [6.07, 6.45) is 2.33. The number of aromatic nitrogens is 3. The lowest BCUT2D eigenvalue weighted by Crippen LogP contribution is -2.38. The van der Waals surface area contributed by atoms with E-state index in [4.69, 9.17) is 27.9 Å². The van der Waals surface area contributed by atoms with Gasteiger partial charge in [0.1, 0.15) is 12.7 Å². The largest absolute Gasteiger partial charge is 0.369 e. The predicted molar refractivity (Wildman–Crippen MR) is 90.0 cm³/mol. The summed E-state index contributed by atoms with van der Waals surface area (Å²) in [5, 5.41) is 3.84. The molecule has 1 heterocycles. The molecule has 0 radical (unpaired) electrons. The van der Waals surface area contributed by atoms with Gasteiger partial charge in [-0.15, -0.1) is 0 Å². The summed E-state index contributed by atoms with van der Waals surface area (Å²) in [5.41, 5.74) is 2.07. The maximum atomic E-state index is 12.6. The van der Waals surface area contributed by atoms with E-state index in [0.717, 1.165) is 23.1 Å². The third-order valence-electron chi connectivity index (χ3n) is 3.41. The second-order valence-electron chi connectivity index (χ2n) is 5.24. The topological polar surface area (TPSA) is 117 Å². The minimum atomic E-state index is -3.62. The van der Waals surface area contributed by atoms with Crippen molar-refractivity contribution in [2.24, 2.45) is 11.5 Å². The third kappa shape index (κ3) is 3.29. The predicted octanol–water partition coefficient (Wildman–Crippen LogP) is 0.852. The molecular formula is C17H23N5O2. The Morgan fingerprint density at radius 2 is 1.62 bits per heavy atom. The lowest BCUT2D eigenvalue weighted by atomic mass is 9.77. The molecule has 0 unspecified atom stereocenters. The molecule has 7 heteroatoms. The minimum absolute atomic E-state index is 0.105. The van der Waals surface area contributed by atoms with E-state index in [2.05, 4.69) is 10.1 Å². The summed E-state index contributed by atoms with van der Waals surface area (Å²) >= 11 is 0. The van der Waals surface area contributed by atoms with E-state index in [-0.39, 0.29) is 12.1 Å². The fourth-order valence-electron chi connectivity index (χ4n) is 2.00. The van der Waals surface area contributed by atoms with Gasteiger partial charge >= 0.3 is 0 Å². The van der Waals surface area contributed by atoms with Crippen molar-refractivity contribution in [1.82, 2.24) is 14.8 Å². The number of hydrogen-bond donors (Lipinski definition) is 2. The van der Waals surface area contributed by atoms with E-state index in [0.29, 0.717) is 6.07 Å². The monoisotopic (exact) mass is 341 g/mol. The molecule has 4 N–H and O–H groups in total. The number of amides is 2. The van der Waals surface area contributed by atoms with E-state index in [1.807, 2.05) is 0 Å². The molecule has 2 aromatic rings. The van der Waals surface area contributed by atoms with Gasteiger partial charge in [0.25, 0.3) is 0 Å². The molecule has 0 fully saturated rings. The van der Waals surface area contributed by atoms with Gasteiger partial charge < -0.3 is 11.5 Å².